The molecule has 1 heterocycles. The Morgan fingerprint density at radius 3 is 2.39 bits per heavy atom. The van der Waals surface area contributed by atoms with Crippen LogP contribution < -0.4 is 4.90 Å². The average Bonchev–Trinajstić information content (AvgIpc) is 2.91. The number of hydrogen-bond acceptors (Lipinski definition) is 4. The van der Waals surface area contributed by atoms with E-state index in [0.717, 1.165) is 5.69 Å². The summed E-state index contributed by atoms with van der Waals surface area (Å²) in [5.74, 6) is -0.248. The highest BCUT2D eigenvalue weighted by atomic mass is 32.1. The van der Waals surface area contributed by atoms with Crippen molar-refractivity contribution in [2.75, 3.05) is 19.0 Å². The van der Waals surface area contributed by atoms with Gasteiger partial charge in [0.05, 0.1) is 4.88 Å². The van der Waals surface area contributed by atoms with Crippen molar-refractivity contribution < 1.29 is 9.90 Å². The van der Waals surface area contributed by atoms with Gasteiger partial charge in [0.2, 0.25) is 5.78 Å². The van der Waals surface area contributed by atoms with Gasteiger partial charge in [-0.25, -0.2) is 0 Å². The normalized spacial score (nSPS) is 12.2. The van der Waals surface area contributed by atoms with Gasteiger partial charge in [0.25, 0.3) is 0 Å². The van der Waals surface area contributed by atoms with Crippen LogP contribution in [0.5, 0.6) is 0 Å². The predicted octanol–water partition coefficient (Wildman–Crippen LogP) is 2.73. The molecule has 0 radical (unpaired) electrons. The van der Waals surface area contributed by atoms with Gasteiger partial charge >= 0.3 is 0 Å². The van der Waals surface area contributed by atoms with Crippen LogP contribution in [-0.4, -0.2) is 25.0 Å². The molecule has 0 amide bonds. The van der Waals surface area contributed by atoms with E-state index in [4.69, 9.17) is 0 Å². The molecule has 0 aliphatic heterocycles. The third-order valence-corrected chi connectivity index (χ3v) is 3.62. The molecule has 2 aromatic rings. The van der Waals surface area contributed by atoms with Gasteiger partial charge in [0, 0.05) is 19.8 Å². The monoisotopic (exact) mass is 261 g/mol. The van der Waals surface area contributed by atoms with Gasteiger partial charge in [-0.15, -0.1) is 11.3 Å². The van der Waals surface area contributed by atoms with Crippen molar-refractivity contribution in [3.05, 3.63) is 52.2 Å². The van der Waals surface area contributed by atoms with E-state index in [1.165, 1.54) is 11.3 Å². The molecule has 1 aromatic heterocycles. The molecule has 0 aliphatic rings. The summed E-state index contributed by atoms with van der Waals surface area (Å²) < 4.78 is 0. The molecule has 18 heavy (non-hydrogen) atoms. The smallest absolute Gasteiger partial charge is 0.205 e. The van der Waals surface area contributed by atoms with E-state index in [0.29, 0.717) is 10.4 Å². The molecular weight excluding hydrogens is 246 g/mol. The molecule has 0 fully saturated rings. The molecule has 3 nitrogen and oxygen atoms in total. The molecule has 0 aliphatic carbocycles. The first kappa shape index (κ1) is 12.8. The first-order chi connectivity index (χ1) is 8.59. The molecule has 0 saturated carbocycles. The standard InChI is InChI=1S/C14H15NO2S/c1-15(2)11-7-5-10(6-8-11)13(16)14(17)12-4-3-9-18-12/h3-9,13,16H,1-2H3/t13-/m0/s1. The number of rotatable bonds is 4. The largest absolute Gasteiger partial charge is 0.380 e. The van der Waals surface area contributed by atoms with Crippen LogP contribution in [0.3, 0.4) is 0 Å². The van der Waals surface area contributed by atoms with E-state index in [1.54, 1.807) is 24.3 Å². The third kappa shape index (κ3) is 2.60. The zero-order chi connectivity index (χ0) is 13.1. The molecule has 1 N–H and O–H groups in total. The van der Waals surface area contributed by atoms with Crippen LogP contribution >= 0.6 is 11.3 Å². The Balaban J connectivity index is 2.18. The van der Waals surface area contributed by atoms with Crippen LogP contribution in [0.2, 0.25) is 0 Å². The predicted molar refractivity (Wildman–Crippen MR) is 74.4 cm³/mol. The second kappa shape index (κ2) is 5.33. The molecular formula is C14H15NO2S. The lowest BCUT2D eigenvalue weighted by Gasteiger charge is -2.14. The molecule has 0 bridgehead atoms. The van der Waals surface area contributed by atoms with Crippen LogP contribution in [-0.2, 0) is 0 Å². The maximum atomic E-state index is 12.0. The number of aliphatic hydroxyl groups is 1. The van der Waals surface area contributed by atoms with Crippen molar-refractivity contribution >= 4 is 22.8 Å². The van der Waals surface area contributed by atoms with Gasteiger partial charge in [-0.1, -0.05) is 18.2 Å². The van der Waals surface area contributed by atoms with Crippen molar-refractivity contribution in [3.63, 3.8) is 0 Å². The van der Waals surface area contributed by atoms with E-state index < -0.39 is 6.10 Å². The number of anilines is 1. The maximum Gasteiger partial charge on any atom is 0.205 e. The van der Waals surface area contributed by atoms with Gasteiger partial charge in [-0.05, 0) is 29.1 Å². The summed E-state index contributed by atoms with van der Waals surface area (Å²) in [5.41, 5.74) is 1.66. The first-order valence-electron chi connectivity index (χ1n) is 5.62. The number of benzene rings is 1. The highest BCUT2D eigenvalue weighted by molar-refractivity contribution is 7.12. The lowest BCUT2D eigenvalue weighted by molar-refractivity contribution is 0.0752. The van der Waals surface area contributed by atoms with Crippen LogP contribution in [0.4, 0.5) is 5.69 Å². The lowest BCUT2D eigenvalue weighted by atomic mass is 10.0. The number of thiophene rings is 1. The minimum absolute atomic E-state index is 0.248. The quantitative estimate of drug-likeness (QED) is 0.860. The van der Waals surface area contributed by atoms with Gasteiger partial charge in [0.1, 0.15) is 6.10 Å². The first-order valence-corrected chi connectivity index (χ1v) is 6.50. The van der Waals surface area contributed by atoms with Crippen molar-refractivity contribution in [2.45, 2.75) is 6.10 Å². The Morgan fingerprint density at radius 2 is 1.89 bits per heavy atom. The zero-order valence-electron chi connectivity index (χ0n) is 10.3. The third-order valence-electron chi connectivity index (χ3n) is 2.74. The molecule has 94 valence electrons. The molecule has 0 unspecified atom stereocenters. The summed E-state index contributed by atoms with van der Waals surface area (Å²) in [6.45, 7) is 0. The fourth-order valence-corrected chi connectivity index (χ4v) is 2.35. The lowest BCUT2D eigenvalue weighted by Crippen LogP contribution is -2.12. The minimum atomic E-state index is -1.08. The van der Waals surface area contributed by atoms with Gasteiger partial charge in [0.15, 0.2) is 0 Å². The molecule has 1 atom stereocenters. The Morgan fingerprint density at radius 1 is 1.22 bits per heavy atom. The van der Waals surface area contributed by atoms with Gasteiger partial charge in [-0.3, -0.25) is 4.79 Å². The maximum absolute atomic E-state index is 12.0. The number of carbonyl (C=O) groups excluding carboxylic acids is 1. The molecule has 1 aromatic carbocycles. The highest BCUT2D eigenvalue weighted by Crippen LogP contribution is 2.23. The molecule has 0 spiro atoms. The molecule has 0 saturated heterocycles. The van der Waals surface area contributed by atoms with Gasteiger partial charge < -0.3 is 10.0 Å². The minimum Gasteiger partial charge on any atom is -0.380 e. The number of Topliss-reactive ketones (excluding diaryl/α,β-unsaturated/α-hetero) is 1. The zero-order valence-corrected chi connectivity index (χ0v) is 11.1. The molecule has 2 rings (SSSR count). The summed E-state index contributed by atoms with van der Waals surface area (Å²) in [6, 6.07) is 10.9. The SMILES string of the molecule is CN(C)c1ccc([C@H](O)C(=O)c2cccs2)cc1. The summed E-state index contributed by atoms with van der Waals surface area (Å²) >= 11 is 1.34. The Kier molecular flexibility index (Phi) is 3.79. The summed E-state index contributed by atoms with van der Waals surface area (Å²) in [6.07, 6.45) is -1.08. The fraction of sp³-hybridized carbons (Fsp3) is 0.214. The van der Waals surface area contributed by atoms with Gasteiger partial charge in [-0.2, -0.15) is 0 Å². The molecule has 4 heteroatoms. The van der Waals surface area contributed by atoms with Crippen LogP contribution in [0.1, 0.15) is 21.3 Å². The van der Waals surface area contributed by atoms with E-state index in [2.05, 4.69) is 0 Å². The van der Waals surface area contributed by atoms with E-state index in [9.17, 15) is 9.90 Å². The Bertz CT molecular complexity index is 517. The number of nitrogens with zero attached hydrogens (tertiary/aromatic N) is 1. The number of carbonyl (C=O) groups is 1. The van der Waals surface area contributed by atoms with E-state index in [-0.39, 0.29) is 5.78 Å². The van der Waals surface area contributed by atoms with E-state index in [1.807, 2.05) is 36.5 Å². The van der Waals surface area contributed by atoms with Crippen molar-refractivity contribution in [3.8, 4) is 0 Å². The fourth-order valence-electron chi connectivity index (χ4n) is 1.66. The summed E-state index contributed by atoms with van der Waals surface area (Å²) in [7, 11) is 3.89. The number of aliphatic hydroxyl groups excluding tert-OH is 1. The van der Waals surface area contributed by atoms with Crippen molar-refractivity contribution in [1.82, 2.24) is 0 Å². The van der Waals surface area contributed by atoms with Crippen LogP contribution in [0, 0.1) is 0 Å². The summed E-state index contributed by atoms with van der Waals surface area (Å²) in [5, 5.41) is 11.9. The number of hydrogen-bond donors (Lipinski definition) is 1. The Labute approximate surface area is 110 Å². The second-order valence-corrected chi connectivity index (χ2v) is 5.18. The number of ketones is 1. The van der Waals surface area contributed by atoms with Crippen LogP contribution in [0.25, 0.3) is 0 Å². The average molecular weight is 261 g/mol. The highest BCUT2D eigenvalue weighted by Gasteiger charge is 2.19. The van der Waals surface area contributed by atoms with E-state index >= 15 is 0 Å². The second-order valence-electron chi connectivity index (χ2n) is 4.23. The topological polar surface area (TPSA) is 40.5 Å². The van der Waals surface area contributed by atoms with Crippen molar-refractivity contribution in [1.29, 1.82) is 0 Å². The summed E-state index contributed by atoms with van der Waals surface area (Å²) in [4.78, 5) is 14.5. The van der Waals surface area contributed by atoms with Crippen LogP contribution in [0.15, 0.2) is 41.8 Å². The van der Waals surface area contributed by atoms with Crippen molar-refractivity contribution in [2.24, 2.45) is 0 Å². The Hall–Kier alpha value is -1.65.